The molecule has 2 rings (SSSR count). The molecule has 2 aromatic rings. The van der Waals surface area contributed by atoms with Crippen LogP contribution in [-0.4, -0.2) is 24.0 Å². The molecule has 5 nitrogen and oxygen atoms in total. The smallest absolute Gasteiger partial charge is 0.333 e. The van der Waals surface area contributed by atoms with E-state index in [-0.39, 0.29) is 12.8 Å². The van der Waals surface area contributed by atoms with Gasteiger partial charge >= 0.3 is 5.97 Å². The van der Waals surface area contributed by atoms with E-state index in [0.717, 1.165) is 7.05 Å². The first kappa shape index (κ1) is 22.5. The van der Waals surface area contributed by atoms with Gasteiger partial charge in [-0.3, -0.25) is 4.79 Å². The monoisotopic (exact) mass is 424 g/mol. The zero-order valence-corrected chi connectivity index (χ0v) is 15.4. The van der Waals surface area contributed by atoms with E-state index in [4.69, 9.17) is 5.26 Å². The van der Waals surface area contributed by atoms with Gasteiger partial charge in [-0.1, -0.05) is 18.7 Å². The van der Waals surface area contributed by atoms with Crippen LogP contribution in [0.4, 0.5) is 22.0 Å². The molecule has 0 spiro atoms. The Morgan fingerprint density at radius 2 is 1.60 bits per heavy atom. The van der Waals surface area contributed by atoms with Crippen molar-refractivity contribution in [1.29, 1.82) is 5.26 Å². The third-order valence-corrected chi connectivity index (χ3v) is 4.03. The van der Waals surface area contributed by atoms with Crippen LogP contribution in [0.15, 0.2) is 30.8 Å². The molecule has 0 aromatic heterocycles. The van der Waals surface area contributed by atoms with E-state index >= 15 is 0 Å². The lowest BCUT2D eigenvalue weighted by atomic mass is 10.0. The van der Waals surface area contributed by atoms with Gasteiger partial charge in [-0.2, -0.15) is 10.3 Å². The molecule has 2 aromatic carbocycles. The highest BCUT2D eigenvalue weighted by Gasteiger charge is 2.32. The Kier molecular flexibility index (Phi) is 6.89. The number of nitrogens with zero attached hydrogens (tertiary/aromatic N) is 2. The summed E-state index contributed by atoms with van der Waals surface area (Å²) in [5.41, 5.74) is -0.347. The van der Waals surface area contributed by atoms with Crippen LogP contribution in [-0.2, 0) is 9.63 Å². The molecule has 0 N–H and O–H groups in total. The number of hydroxylamine groups is 2. The third-order valence-electron chi connectivity index (χ3n) is 4.03. The summed E-state index contributed by atoms with van der Waals surface area (Å²) in [6.45, 7) is 3.79. The number of carbonyl (C=O) groups excluding carboxylic acids is 2. The van der Waals surface area contributed by atoms with Gasteiger partial charge in [0.05, 0.1) is 11.6 Å². The fourth-order valence-electron chi connectivity index (χ4n) is 2.37. The first-order valence-electron chi connectivity index (χ1n) is 8.27. The van der Waals surface area contributed by atoms with Crippen LogP contribution in [0.3, 0.4) is 0 Å². The van der Waals surface area contributed by atoms with E-state index in [2.05, 4.69) is 11.4 Å². The summed E-state index contributed by atoms with van der Waals surface area (Å²) in [7, 11) is 0.936. The summed E-state index contributed by atoms with van der Waals surface area (Å²) in [6.07, 6.45) is -0.172. The van der Waals surface area contributed by atoms with E-state index in [1.54, 1.807) is 24.3 Å². The van der Waals surface area contributed by atoms with Gasteiger partial charge in [0.25, 0.3) is 5.91 Å². The van der Waals surface area contributed by atoms with Gasteiger partial charge < -0.3 is 4.84 Å². The molecule has 0 aliphatic carbocycles. The van der Waals surface area contributed by atoms with E-state index in [0.29, 0.717) is 21.8 Å². The maximum atomic E-state index is 13.6. The van der Waals surface area contributed by atoms with Crippen molar-refractivity contribution < 1.29 is 36.4 Å². The minimum absolute atomic E-state index is 0.0815. The second-order valence-corrected chi connectivity index (χ2v) is 6.01. The number of rotatable bonds is 5. The average Bonchev–Trinajstić information content (AvgIpc) is 2.74. The minimum Gasteiger partial charge on any atom is -0.333 e. The molecular weight excluding hydrogens is 411 g/mol. The zero-order valence-electron chi connectivity index (χ0n) is 15.4. The highest BCUT2D eigenvalue weighted by molar-refractivity contribution is 5.91. The Hall–Kier alpha value is -3.74. The number of carbonyl (C=O) groups is 2. The number of halogens is 5. The molecule has 0 aliphatic heterocycles. The van der Waals surface area contributed by atoms with Crippen molar-refractivity contribution in [3.8, 4) is 6.07 Å². The van der Waals surface area contributed by atoms with Crippen molar-refractivity contribution in [2.24, 2.45) is 0 Å². The molecule has 0 aliphatic rings. The summed E-state index contributed by atoms with van der Waals surface area (Å²) in [4.78, 5) is 28.4. The number of hydrogen-bond donors (Lipinski definition) is 0. The second-order valence-electron chi connectivity index (χ2n) is 6.01. The summed E-state index contributed by atoms with van der Waals surface area (Å²) in [6, 6.07) is 8.38. The van der Waals surface area contributed by atoms with Gasteiger partial charge in [-0.25, -0.2) is 26.7 Å². The van der Waals surface area contributed by atoms with Crippen LogP contribution in [0, 0.1) is 40.4 Å². The van der Waals surface area contributed by atoms with Crippen LogP contribution in [0.2, 0.25) is 0 Å². The topological polar surface area (TPSA) is 70.4 Å². The molecule has 0 unspecified atom stereocenters. The van der Waals surface area contributed by atoms with E-state index < -0.39 is 46.5 Å². The quantitative estimate of drug-likeness (QED) is 0.311. The lowest BCUT2D eigenvalue weighted by molar-refractivity contribution is -0.161. The summed E-state index contributed by atoms with van der Waals surface area (Å²) in [5.74, 6) is -14.6. The SMILES string of the molecule is C=C(CCC(=O)N(C)OC(=O)c1c(F)c(F)c(F)c(F)c1F)c1cccc(C#N)c1. The van der Waals surface area contributed by atoms with Gasteiger partial charge in [0.1, 0.15) is 5.56 Å². The Morgan fingerprint density at radius 3 is 2.17 bits per heavy atom. The van der Waals surface area contributed by atoms with E-state index in [1.807, 2.05) is 6.07 Å². The lowest BCUT2D eigenvalue weighted by Gasteiger charge is -2.17. The standard InChI is InChI=1S/C20H13F5N2O3/c1-10(12-5-3-4-11(8-12)9-26)6-7-13(28)27(2)30-20(29)14-15(21)17(23)19(25)18(24)16(14)22/h3-5,8H,1,6-7H2,2H3. The fraction of sp³-hybridized carbons (Fsp3) is 0.150. The average molecular weight is 424 g/mol. The van der Waals surface area contributed by atoms with E-state index in [9.17, 15) is 31.5 Å². The second kappa shape index (κ2) is 9.17. The van der Waals surface area contributed by atoms with Crippen LogP contribution in [0.5, 0.6) is 0 Å². The zero-order chi connectivity index (χ0) is 22.6. The largest absolute Gasteiger partial charge is 0.369 e. The molecule has 1 amide bonds. The number of benzene rings is 2. The van der Waals surface area contributed by atoms with Crippen molar-refractivity contribution in [1.82, 2.24) is 5.06 Å². The van der Waals surface area contributed by atoms with Crippen molar-refractivity contribution >= 4 is 17.4 Å². The fourth-order valence-corrected chi connectivity index (χ4v) is 2.37. The molecule has 0 radical (unpaired) electrons. The minimum atomic E-state index is -2.43. The molecular formula is C20H13F5N2O3. The maximum absolute atomic E-state index is 13.6. The molecule has 0 fully saturated rings. The summed E-state index contributed by atoms with van der Waals surface area (Å²) in [5, 5.41) is 9.21. The molecule has 156 valence electrons. The molecule has 0 saturated heterocycles. The van der Waals surface area contributed by atoms with Crippen molar-refractivity contribution in [2.45, 2.75) is 12.8 Å². The number of allylic oxidation sites excluding steroid dienone is 1. The van der Waals surface area contributed by atoms with Crippen LogP contribution in [0.1, 0.15) is 34.3 Å². The highest BCUT2D eigenvalue weighted by atomic mass is 19.2. The van der Waals surface area contributed by atoms with E-state index in [1.165, 1.54) is 0 Å². The molecule has 0 bridgehead atoms. The Bertz CT molecular complexity index is 1050. The third kappa shape index (κ3) is 4.63. The first-order valence-corrected chi connectivity index (χ1v) is 8.27. The molecule has 10 heteroatoms. The molecule has 30 heavy (non-hydrogen) atoms. The van der Waals surface area contributed by atoms with Crippen LogP contribution >= 0.6 is 0 Å². The summed E-state index contributed by atoms with van der Waals surface area (Å²) < 4.78 is 66.8. The summed E-state index contributed by atoms with van der Waals surface area (Å²) >= 11 is 0. The van der Waals surface area contributed by atoms with Gasteiger partial charge in [0.15, 0.2) is 23.3 Å². The van der Waals surface area contributed by atoms with Crippen molar-refractivity contribution in [3.63, 3.8) is 0 Å². The maximum Gasteiger partial charge on any atom is 0.369 e. The Balaban J connectivity index is 2.05. The Morgan fingerprint density at radius 1 is 1.03 bits per heavy atom. The van der Waals surface area contributed by atoms with Crippen molar-refractivity contribution in [3.05, 3.63) is 76.6 Å². The highest BCUT2D eigenvalue weighted by Crippen LogP contribution is 2.24. The molecule has 0 heterocycles. The van der Waals surface area contributed by atoms with Gasteiger partial charge in [0.2, 0.25) is 5.82 Å². The normalized spacial score (nSPS) is 10.3. The molecule has 0 atom stereocenters. The number of amides is 1. The van der Waals surface area contributed by atoms with Crippen LogP contribution in [0.25, 0.3) is 5.57 Å². The van der Waals surface area contributed by atoms with Gasteiger partial charge in [-0.05, 0) is 29.7 Å². The predicted octanol–water partition coefficient (Wildman–Crippen LogP) is 4.28. The first-order chi connectivity index (χ1) is 14.1. The number of nitriles is 1. The van der Waals surface area contributed by atoms with Gasteiger partial charge in [-0.15, -0.1) is 0 Å². The van der Waals surface area contributed by atoms with Gasteiger partial charge in [0, 0.05) is 13.5 Å². The Labute approximate surface area is 167 Å². The van der Waals surface area contributed by atoms with Crippen molar-refractivity contribution in [2.75, 3.05) is 7.05 Å². The lowest BCUT2D eigenvalue weighted by Crippen LogP contribution is -2.31. The van der Waals surface area contributed by atoms with Crippen LogP contribution < -0.4 is 0 Å². The number of hydrogen-bond acceptors (Lipinski definition) is 4. The molecule has 0 saturated carbocycles. The predicted molar refractivity (Wildman–Crippen MR) is 93.8 cm³/mol.